The fourth-order valence-electron chi connectivity index (χ4n) is 1.60. The van der Waals surface area contributed by atoms with E-state index in [1.54, 1.807) is 7.11 Å². The van der Waals surface area contributed by atoms with Crippen molar-refractivity contribution in [3.05, 3.63) is 0 Å². The lowest BCUT2D eigenvalue weighted by atomic mass is 9.72. The van der Waals surface area contributed by atoms with Crippen LogP contribution in [0.1, 0.15) is 25.7 Å². The summed E-state index contributed by atoms with van der Waals surface area (Å²) in [4.78, 5) is 10.1. The van der Waals surface area contributed by atoms with Crippen molar-refractivity contribution >= 4 is 6.29 Å². The van der Waals surface area contributed by atoms with Gasteiger partial charge in [0.25, 0.3) is 0 Å². The number of carbonyl (C=O) groups excluding carboxylic acids is 1. The summed E-state index contributed by atoms with van der Waals surface area (Å²) >= 11 is 0. The van der Waals surface area contributed by atoms with Crippen molar-refractivity contribution < 1.29 is 9.53 Å². The maximum absolute atomic E-state index is 10.1. The fraction of sp³-hybridized carbons (Fsp3) is 0.875. The normalized spacial score (nSPS) is 36.4. The summed E-state index contributed by atoms with van der Waals surface area (Å²) in [5, 5.41) is 0. The highest BCUT2D eigenvalue weighted by Crippen LogP contribution is 2.35. The third kappa shape index (κ3) is 1.60. The lowest BCUT2D eigenvalue weighted by molar-refractivity contribution is -0.109. The van der Waals surface area contributed by atoms with Gasteiger partial charge in [-0.2, -0.15) is 0 Å². The number of rotatable bonds is 4. The molecule has 3 nitrogen and oxygen atoms in total. The molecule has 0 amide bonds. The molecule has 1 rings (SSSR count). The van der Waals surface area contributed by atoms with E-state index in [0.29, 0.717) is 6.42 Å². The summed E-state index contributed by atoms with van der Waals surface area (Å²) in [6.07, 6.45) is 4.42. The first-order valence-corrected chi connectivity index (χ1v) is 3.98. The molecule has 11 heavy (non-hydrogen) atoms. The molecular weight excluding hydrogens is 142 g/mol. The zero-order valence-corrected chi connectivity index (χ0v) is 6.88. The molecule has 1 fully saturated rings. The standard InChI is InChI=1S/C8H15NO2/c1-11-7-3-5-8(7,9)4-2-6-10/h6-7H,2-5,9H2,1H3. The van der Waals surface area contributed by atoms with Crippen LogP contribution in [0, 0.1) is 0 Å². The molecule has 64 valence electrons. The van der Waals surface area contributed by atoms with E-state index in [-0.39, 0.29) is 11.6 Å². The second-order valence-corrected chi connectivity index (χ2v) is 3.20. The highest BCUT2D eigenvalue weighted by molar-refractivity contribution is 5.49. The molecule has 0 spiro atoms. The number of methoxy groups -OCH3 is 1. The van der Waals surface area contributed by atoms with E-state index in [1.165, 1.54) is 0 Å². The van der Waals surface area contributed by atoms with Gasteiger partial charge < -0.3 is 15.3 Å². The van der Waals surface area contributed by atoms with Crippen LogP contribution < -0.4 is 5.73 Å². The van der Waals surface area contributed by atoms with Crippen molar-refractivity contribution in [3.63, 3.8) is 0 Å². The number of ether oxygens (including phenoxy) is 1. The van der Waals surface area contributed by atoms with Gasteiger partial charge in [-0.3, -0.25) is 0 Å². The van der Waals surface area contributed by atoms with Gasteiger partial charge in [0.2, 0.25) is 0 Å². The molecule has 0 aromatic heterocycles. The number of aldehydes is 1. The van der Waals surface area contributed by atoms with E-state index in [4.69, 9.17) is 10.5 Å². The zero-order valence-electron chi connectivity index (χ0n) is 6.88. The molecule has 0 saturated heterocycles. The zero-order chi connectivity index (χ0) is 8.32. The fourth-order valence-corrected chi connectivity index (χ4v) is 1.60. The highest BCUT2D eigenvalue weighted by Gasteiger charge is 2.42. The second-order valence-electron chi connectivity index (χ2n) is 3.20. The van der Waals surface area contributed by atoms with Gasteiger partial charge in [-0.25, -0.2) is 0 Å². The van der Waals surface area contributed by atoms with Crippen LogP contribution in [0.2, 0.25) is 0 Å². The lowest BCUT2D eigenvalue weighted by Crippen LogP contribution is -2.59. The SMILES string of the molecule is COC1CCC1(N)CCC=O. The van der Waals surface area contributed by atoms with Gasteiger partial charge in [-0.15, -0.1) is 0 Å². The van der Waals surface area contributed by atoms with Crippen molar-refractivity contribution in [1.29, 1.82) is 0 Å². The summed E-state index contributed by atoms with van der Waals surface area (Å²) in [6, 6.07) is 0. The Morgan fingerprint density at radius 2 is 2.55 bits per heavy atom. The van der Waals surface area contributed by atoms with Gasteiger partial charge in [0.1, 0.15) is 6.29 Å². The Morgan fingerprint density at radius 1 is 1.82 bits per heavy atom. The van der Waals surface area contributed by atoms with Crippen molar-refractivity contribution in [1.82, 2.24) is 0 Å². The van der Waals surface area contributed by atoms with Gasteiger partial charge in [0.15, 0.2) is 0 Å². The third-order valence-electron chi connectivity index (χ3n) is 2.53. The molecule has 2 N–H and O–H groups in total. The van der Waals surface area contributed by atoms with Gasteiger partial charge in [0, 0.05) is 19.1 Å². The summed E-state index contributed by atoms with van der Waals surface area (Å²) in [5.74, 6) is 0. The molecule has 0 aromatic carbocycles. The lowest BCUT2D eigenvalue weighted by Gasteiger charge is -2.45. The van der Waals surface area contributed by atoms with E-state index < -0.39 is 0 Å². The molecule has 0 heterocycles. The Balaban J connectivity index is 2.34. The maximum atomic E-state index is 10.1. The second kappa shape index (κ2) is 3.32. The minimum atomic E-state index is -0.213. The molecule has 0 aliphatic heterocycles. The molecular formula is C8H15NO2. The number of carbonyl (C=O) groups is 1. The molecule has 1 saturated carbocycles. The van der Waals surface area contributed by atoms with E-state index >= 15 is 0 Å². The van der Waals surface area contributed by atoms with Gasteiger partial charge in [-0.1, -0.05) is 0 Å². The first-order chi connectivity index (χ1) is 5.23. The number of nitrogens with two attached hydrogens (primary N) is 1. The van der Waals surface area contributed by atoms with E-state index in [2.05, 4.69) is 0 Å². The highest BCUT2D eigenvalue weighted by atomic mass is 16.5. The van der Waals surface area contributed by atoms with Gasteiger partial charge in [0.05, 0.1) is 6.10 Å². The van der Waals surface area contributed by atoms with Crippen LogP contribution in [0.4, 0.5) is 0 Å². The van der Waals surface area contributed by atoms with Crippen LogP contribution in [0.15, 0.2) is 0 Å². The molecule has 3 heteroatoms. The summed E-state index contributed by atoms with van der Waals surface area (Å²) < 4.78 is 5.16. The van der Waals surface area contributed by atoms with Crippen LogP contribution in [0.3, 0.4) is 0 Å². The molecule has 0 bridgehead atoms. The van der Waals surface area contributed by atoms with Crippen molar-refractivity contribution in [2.24, 2.45) is 5.73 Å². The Morgan fingerprint density at radius 3 is 2.91 bits per heavy atom. The summed E-state index contributed by atoms with van der Waals surface area (Å²) in [7, 11) is 1.67. The molecule has 0 aromatic rings. The first-order valence-electron chi connectivity index (χ1n) is 3.98. The largest absolute Gasteiger partial charge is 0.380 e. The van der Waals surface area contributed by atoms with E-state index in [1.807, 2.05) is 0 Å². The molecule has 1 aliphatic rings. The topological polar surface area (TPSA) is 52.3 Å². The predicted molar refractivity (Wildman–Crippen MR) is 42.2 cm³/mol. The molecule has 2 unspecified atom stereocenters. The summed E-state index contributed by atoms with van der Waals surface area (Å²) in [5.41, 5.74) is 5.75. The van der Waals surface area contributed by atoms with Crippen LogP contribution in [-0.4, -0.2) is 25.0 Å². The average molecular weight is 157 g/mol. The van der Waals surface area contributed by atoms with Crippen molar-refractivity contribution in [2.75, 3.05) is 7.11 Å². The Kier molecular flexibility index (Phi) is 2.62. The van der Waals surface area contributed by atoms with E-state index in [0.717, 1.165) is 25.5 Å². The Labute approximate surface area is 66.9 Å². The monoisotopic (exact) mass is 157 g/mol. The first kappa shape index (κ1) is 8.68. The summed E-state index contributed by atoms with van der Waals surface area (Å²) in [6.45, 7) is 0. The van der Waals surface area contributed by atoms with Crippen molar-refractivity contribution in [2.45, 2.75) is 37.3 Å². The van der Waals surface area contributed by atoms with Crippen LogP contribution in [0.25, 0.3) is 0 Å². The van der Waals surface area contributed by atoms with E-state index in [9.17, 15) is 4.79 Å². The quantitative estimate of drug-likeness (QED) is 0.603. The smallest absolute Gasteiger partial charge is 0.120 e. The Hall–Kier alpha value is -0.410. The maximum Gasteiger partial charge on any atom is 0.120 e. The van der Waals surface area contributed by atoms with Crippen LogP contribution in [0.5, 0.6) is 0 Å². The minimum absolute atomic E-state index is 0.169. The minimum Gasteiger partial charge on any atom is -0.380 e. The van der Waals surface area contributed by atoms with Crippen LogP contribution >= 0.6 is 0 Å². The molecule has 1 aliphatic carbocycles. The van der Waals surface area contributed by atoms with Crippen LogP contribution in [-0.2, 0) is 9.53 Å². The van der Waals surface area contributed by atoms with Gasteiger partial charge >= 0.3 is 0 Å². The molecule has 2 atom stereocenters. The Bertz CT molecular complexity index is 147. The third-order valence-corrected chi connectivity index (χ3v) is 2.53. The predicted octanol–water partition coefficient (Wildman–Crippen LogP) is 0.472. The number of hydrogen-bond donors (Lipinski definition) is 1. The average Bonchev–Trinajstić information content (AvgIpc) is 1.99. The number of hydrogen-bond acceptors (Lipinski definition) is 3. The van der Waals surface area contributed by atoms with Gasteiger partial charge in [-0.05, 0) is 19.3 Å². The van der Waals surface area contributed by atoms with Crippen molar-refractivity contribution in [3.8, 4) is 0 Å². The molecule has 0 radical (unpaired) electrons.